The van der Waals surface area contributed by atoms with Crippen molar-refractivity contribution >= 4 is 34.4 Å². The number of nitro benzene ring substituents is 1. The highest BCUT2D eigenvalue weighted by Crippen LogP contribution is 2.38. The highest BCUT2D eigenvalue weighted by Gasteiger charge is 2.39. The molecule has 2 saturated heterocycles. The fraction of sp³-hybridized carbons (Fsp3) is 0.611. The second-order valence-electron chi connectivity index (χ2n) is 8.15. The van der Waals surface area contributed by atoms with E-state index in [1.165, 1.54) is 6.07 Å². The summed E-state index contributed by atoms with van der Waals surface area (Å²) in [5.41, 5.74) is 0.135. The molecule has 9 heteroatoms. The molecule has 0 unspecified atom stereocenters. The lowest BCUT2D eigenvalue weighted by Crippen LogP contribution is -2.52. The van der Waals surface area contributed by atoms with Gasteiger partial charge in [-0.05, 0) is 61.4 Å². The molecule has 2 aliphatic heterocycles. The van der Waals surface area contributed by atoms with E-state index >= 15 is 0 Å². The van der Waals surface area contributed by atoms with Crippen molar-refractivity contribution in [2.45, 2.75) is 44.8 Å². The molecule has 2 aliphatic rings. The zero-order chi connectivity index (χ0) is 19.9. The fourth-order valence-electron chi connectivity index (χ4n) is 3.53. The number of ether oxygens (including phenoxy) is 1. The van der Waals surface area contributed by atoms with Crippen molar-refractivity contribution in [3.05, 3.63) is 31.4 Å². The normalized spacial score (nSPS) is 21.2. The maximum atomic E-state index is 12.2. The molecule has 0 saturated carbocycles. The lowest BCUT2D eigenvalue weighted by molar-refractivity contribution is -0.386. The highest BCUT2D eigenvalue weighted by atomic mass is 127. The third-order valence-electron chi connectivity index (χ3n) is 4.97. The molecular weight excluding hydrogens is 465 g/mol. The van der Waals surface area contributed by atoms with Gasteiger partial charge in [0, 0.05) is 44.2 Å². The second kappa shape index (κ2) is 7.42. The predicted molar refractivity (Wildman–Crippen MR) is 108 cm³/mol. The molecule has 1 N–H and O–H groups in total. The first-order chi connectivity index (χ1) is 12.5. The minimum absolute atomic E-state index is 0.202. The SMILES string of the molecule is CC(C)(C)OC(=O)N1CC[C@H](N2CC(c3cc(I)c(O)c([N+](=O)[O-])c3)C2)C1. The van der Waals surface area contributed by atoms with E-state index in [1.54, 1.807) is 4.90 Å². The Bertz CT molecular complexity index is 758. The van der Waals surface area contributed by atoms with E-state index < -0.39 is 10.5 Å². The number of nitro groups is 1. The lowest BCUT2D eigenvalue weighted by atomic mass is 9.89. The van der Waals surface area contributed by atoms with Crippen LogP contribution >= 0.6 is 22.6 Å². The van der Waals surface area contributed by atoms with Gasteiger partial charge in [-0.25, -0.2) is 4.79 Å². The van der Waals surface area contributed by atoms with Crippen LogP contribution in [-0.4, -0.2) is 63.7 Å². The van der Waals surface area contributed by atoms with Gasteiger partial charge < -0.3 is 14.7 Å². The Morgan fingerprint density at radius 1 is 1.33 bits per heavy atom. The van der Waals surface area contributed by atoms with Crippen molar-refractivity contribution in [3.8, 4) is 5.75 Å². The van der Waals surface area contributed by atoms with E-state index in [-0.39, 0.29) is 23.4 Å². The van der Waals surface area contributed by atoms with Crippen LogP contribution in [0.3, 0.4) is 0 Å². The first-order valence-electron chi connectivity index (χ1n) is 8.94. The Labute approximate surface area is 171 Å². The van der Waals surface area contributed by atoms with Crippen molar-refractivity contribution in [2.75, 3.05) is 26.2 Å². The van der Waals surface area contributed by atoms with E-state index in [0.717, 1.165) is 25.1 Å². The number of halogens is 1. The Hall–Kier alpha value is -1.62. The first-order valence-corrected chi connectivity index (χ1v) is 10.0. The van der Waals surface area contributed by atoms with Gasteiger partial charge in [-0.3, -0.25) is 15.0 Å². The molecule has 0 aliphatic carbocycles. The van der Waals surface area contributed by atoms with Crippen molar-refractivity contribution in [1.82, 2.24) is 9.80 Å². The number of carbonyl (C=O) groups is 1. The smallest absolute Gasteiger partial charge is 0.410 e. The number of amides is 1. The molecule has 1 aromatic rings. The molecule has 0 spiro atoms. The molecule has 2 heterocycles. The summed E-state index contributed by atoms with van der Waals surface area (Å²) < 4.78 is 5.92. The first kappa shape index (κ1) is 20.1. The van der Waals surface area contributed by atoms with E-state index in [2.05, 4.69) is 4.90 Å². The molecule has 1 atom stereocenters. The molecular formula is C18H24IN3O5. The Balaban J connectivity index is 1.58. The van der Waals surface area contributed by atoms with Crippen LogP contribution in [0.15, 0.2) is 12.1 Å². The number of phenols is 1. The lowest BCUT2D eigenvalue weighted by Gasteiger charge is -2.43. The average Bonchev–Trinajstić information content (AvgIpc) is 2.96. The van der Waals surface area contributed by atoms with Gasteiger partial charge in [-0.2, -0.15) is 0 Å². The van der Waals surface area contributed by atoms with E-state index in [1.807, 2.05) is 49.4 Å². The summed E-state index contributed by atoms with van der Waals surface area (Å²) >= 11 is 1.92. The van der Waals surface area contributed by atoms with Gasteiger partial charge in [0.15, 0.2) is 0 Å². The molecule has 1 amide bonds. The average molecular weight is 489 g/mol. The van der Waals surface area contributed by atoms with Crippen LogP contribution in [0.4, 0.5) is 10.5 Å². The molecule has 1 aromatic carbocycles. The number of hydrogen-bond donors (Lipinski definition) is 1. The molecule has 8 nitrogen and oxygen atoms in total. The molecule has 3 rings (SSSR count). The fourth-order valence-corrected chi connectivity index (χ4v) is 4.17. The van der Waals surface area contributed by atoms with Crippen LogP contribution in [0.1, 0.15) is 38.7 Å². The quantitative estimate of drug-likeness (QED) is 0.398. The van der Waals surface area contributed by atoms with Crippen molar-refractivity contribution in [1.29, 1.82) is 0 Å². The van der Waals surface area contributed by atoms with Crippen LogP contribution in [0.25, 0.3) is 0 Å². The number of likely N-dealkylation sites (tertiary alicyclic amines) is 2. The van der Waals surface area contributed by atoms with Gasteiger partial charge in [-0.1, -0.05) is 0 Å². The molecule has 0 bridgehead atoms. The van der Waals surface area contributed by atoms with Gasteiger partial charge in [-0.15, -0.1) is 0 Å². The standard InChI is InChI=1S/C18H24IN3O5/c1-18(2,3)27-17(24)20-5-4-13(10-20)21-8-12(9-21)11-6-14(19)16(23)15(7-11)22(25)26/h6-7,12-13,23H,4-5,8-10H2,1-3H3/t13-/m0/s1. The van der Waals surface area contributed by atoms with Gasteiger partial charge in [0.2, 0.25) is 5.75 Å². The summed E-state index contributed by atoms with van der Waals surface area (Å²) in [5.74, 6) is -0.0716. The third-order valence-corrected chi connectivity index (χ3v) is 5.80. The molecule has 0 aromatic heterocycles. The molecule has 27 heavy (non-hydrogen) atoms. The van der Waals surface area contributed by atoms with Crippen molar-refractivity contribution < 1.29 is 19.6 Å². The molecule has 148 valence electrons. The topological polar surface area (TPSA) is 96.2 Å². The van der Waals surface area contributed by atoms with Crippen LogP contribution < -0.4 is 0 Å². The zero-order valence-electron chi connectivity index (χ0n) is 15.6. The maximum Gasteiger partial charge on any atom is 0.410 e. The number of carbonyl (C=O) groups excluding carboxylic acids is 1. The minimum atomic E-state index is -0.549. The van der Waals surface area contributed by atoms with E-state index in [0.29, 0.717) is 22.7 Å². The number of nitrogens with zero attached hydrogens (tertiary/aromatic N) is 3. The molecule has 0 radical (unpaired) electrons. The number of benzene rings is 1. The number of hydrogen-bond acceptors (Lipinski definition) is 6. The number of aromatic hydroxyl groups is 1. The largest absolute Gasteiger partial charge is 0.501 e. The second-order valence-corrected chi connectivity index (χ2v) is 9.31. The van der Waals surface area contributed by atoms with Crippen molar-refractivity contribution in [3.63, 3.8) is 0 Å². The third kappa shape index (κ3) is 4.45. The van der Waals surface area contributed by atoms with Crippen LogP contribution in [0, 0.1) is 13.7 Å². The Morgan fingerprint density at radius 3 is 2.59 bits per heavy atom. The summed E-state index contributed by atoms with van der Waals surface area (Å²) in [7, 11) is 0. The van der Waals surface area contributed by atoms with Gasteiger partial charge >= 0.3 is 11.8 Å². The Kier molecular flexibility index (Phi) is 5.53. The monoisotopic (exact) mass is 489 g/mol. The number of rotatable bonds is 3. The summed E-state index contributed by atoms with van der Waals surface area (Å²) in [6.45, 7) is 8.50. The predicted octanol–water partition coefficient (Wildman–Crippen LogP) is 3.31. The highest BCUT2D eigenvalue weighted by molar-refractivity contribution is 14.1. The maximum absolute atomic E-state index is 12.2. The summed E-state index contributed by atoms with van der Waals surface area (Å²) in [6.07, 6.45) is 0.630. The number of phenolic OH excluding ortho intramolecular Hbond substituents is 1. The van der Waals surface area contributed by atoms with Crippen LogP contribution in [0.5, 0.6) is 5.75 Å². The van der Waals surface area contributed by atoms with Gasteiger partial charge in [0.1, 0.15) is 5.60 Å². The summed E-state index contributed by atoms with van der Waals surface area (Å²) in [6, 6.07) is 3.58. The van der Waals surface area contributed by atoms with Gasteiger partial charge in [0.05, 0.1) is 8.49 Å². The van der Waals surface area contributed by atoms with E-state index in [9.17, 15) is 20.0 Å². The minimum Gasteiger partial charge on any atom is -0.501 e. The summed E-state index contributed by atoms with van der Waals surface area (Å²) in [4.78, 5) is 26.8. The Morgan fingerprint density at radius 2 is 2.00 bits per heavy atom. The van der Waals surface area contributed by atoms with Crippen LogP contribution in [0.2, 0.25) is 0 Å². The van der Waals surface area contributed by atoms with E-state index in [4.69, 9.17) is 4.74 Å². The molecule has 2 fully saturated rings. The van der Waals surface area contributed by atoms with Crippen LogP contribution in [-0.2, 0) is 4.74 Å². The zero-order valence-corrected chi connectivity index (χ0v) is 17.8. The summed E-state index contributed by atoms with van der Waals surface area (Å²) in [5, 5.41) is 21.0. The van der Waals surface area contributed by atoms with Crippen molar-refractivity contribution in [2.24, 2.45) is 0 Å². The van der Waals surface area contributed by atoms with Gasteiger partial charge in [0.25, 0.3) is 0 Å².